The molecule has 0 radical (unpaired) electrons. The fraction of sp³-hybridized carbons (Fsp3) is 1.00. The van der Waals surface area contributed by atoms with E-state index in [4.69, 9.17) is 0 Å². The SMILES string of the molecule is C[C@@H]1CCCCC[C@@H]1C. The molecule has 0 spiro atoms. The summed E-state index contributed by atoms with van der Waals surface area (Å²) in [5.41, 5.74) is 0. The Labute approximate surface area is 58.7 Å². The Morgan fingerprint density at radius 3 is 1.67 bits per heavy atom. The van der Waals surface area contributed by atoms with Gasteiger partial charge in [0.2, 0.25) is 0 Å². The molecule has 0 aromatic rings. The van der Waals surface area contributed by atoms with Crippen molar-refractivity contribution in [2.45, 2.75) is 46.0 Å². The molecule has 0 bridgehead atoms. The summed E-state index contributed by atoms with van der Waals surface area (Å²) in [7, 11) is 0. The van der Waals surface area contributed by atoms with Crippen molar-refractivity contribution in [3.05, 3.63) is 0 Å². The summed E-state index contributed by atoms with van der Waals surface area (Å²) >= 11 is 0. The molecule has 0 heteroatoms. The highest BCUT2D eigenvalue weighted by molar-refractivity contribution is 4.66. The van der Waals surface area contributed by atoms with E-state index in [1.54, 1.807) is 0 Å². The van der Waals surface area contributed by atoms with E-state index < -0.39 is 0 Å². The van der Waals surface area contributed by atoms with E-state index >= 15 is 0 Å². The van der Waals surface area contributed by atoms with Crippen LogP contribution in [0.2, 0.25) is 0 Å². The summed E-state index contributed by atoms with van der Waals surface area (Å²) in [5.74, 6) is 1.99. The van der Waals surface area contributed by atoms with Gasteiger partial charge in [0, 0.05) is 0 Å². The Hall–Kier alpha value is 0. The van der Waals surface area contributed by atoms with Crippen LogP contribution in [0, 0.1) is 11.8 Å². The van der Waals surface area contributed by atoms with Gasteiger partial charge < -0.3 is 0 Å². The average molecular weight is 126 g/mol. The van der Waals surface area contributed by atoms with Crippen molar-refractivity contribution < 1.29 is 0 Å². The molecule has 1 rings (SSSR count). The summed E-state index contributed by atoms with van der Waals surface area (Å²) in [5, 5.41) is 0. The molecule has 0 amide bonds. The second-order valence-electron chi connectivity index (χ2n) is 3.59. The van der Waals surface area contributed by atoms with Crippen LogP contribution in [0.4, 0.5) is 0 Å². The molecular formula is C9H18. The van der Waals surface area contributed by atoms with E-state index in [1.807, 2.05) is 0 Å². The Bertz CT molecular complexity index is 66.1. The molecule has 0 aliphatic heterocycles. The van der Waals surface area contributed by atoms with Gasteiger partial charge in [0.15, 0.2) is 0 Å². The molecule has 9 heavy (non-hydrogen) atoms. The van der Waals surface area contributed by atoms with Crippen LogP contribution in [0.3, 0.4) is 0 Å². The average Bonchev–Trinajstić information content (AvgIpc) is 1.99. The van der Waals surface area contributed by atoms with E-state index in [1.165, 1.54) is 32.1 Å². The smallest absolute Gasteiger partial charge is 0.0417 e. The summed E-state index contributed by atoms with van der Waals surface area (Å²) < 4.78 is 0. The molecule has 1 aliphatic carbocycles. The van der Waals surface area contributed by atoms with E-state index in [2.05, 4.69) is 13.8 Å². The summed E-state index contributed by atoms with van der Waals surface area (Å²) in [6.07, 6.45) is 7.38. The molecule has 0 N–H and O–H groups in total. The minimum absolute atomic E-state index is 0.993. The highest BCUT2D eigenvalue weighted by Gasteiger charge is 2.14. The summed E-state index contributed by atoms with van der Waals surface area (Å²) in [6, 6.07) is 0. The second-order valence-corrected chi connectivity index (χ2v) is 3.59. The van der Waals surface area contributed by atoms with Crippen LogP contribution in [-0.4, -0.2) is 0 Å². The maximum Gasteiger partial charge on any atom is -0.0417 e. The van der Waals surface area contributed by atoms with Crippen molar-refractivity contribution in [1.29, 1.82) is 0 Å². The molecule has 1 fully saturated rings. The maximum atomic E-state index is 2.40. The third-order valence-corrected chi connectivity index (χ3v) is 2.79. The Morgan fingerprint density at radius 1 is 0.778 bits per heavy atom. The number of rotatable bonds is 0. The lowest BCUT2D eigenvalue weighted by Crippen LogP contribution is -2.04. The predicted octanol–water partition coefficient (Wildman–Crippen LogP) is 3.22. The third kappa shape index (κ3) is 2.00. The first kappa shape index (κ1) is 7.11. The fourth-order valence-electron chi connectivity index (χ4n) is 1.68. The first-order chi connectivity index (χ1) is 4.30. The van der Waals surface area contributed by atoms with Gasteiger partial charge in [-0.1, -0.05) is 46.0 Å². The van der Waals surface area contributed by atoms with E-state index in [0.29, 0.717) is 0 Å². The molecule has 0 aromatic carbocycles. The molecule has 1 saturated carbocycles. The zero-order valence-electron chi connectivity index (χ0n) is 6.69. The van der Waals surface area contributed by atoms with Crippen LogP contribution in [0.25, 0.3) is 0 Å². The maximum absolute atomic E-state index is 2.40. The van der Waals surface area contributed by atoms with Crippen LogP contribution in [-0.2, 0) is 0 Å². The predicted molar refractivity (Wildman–Crippen MR) is 41.4 cm³/mol. The molecule has 0 saturated heterocycles. The molecule has 0 unspecified atom stereocenters. The van der Waals surface area contributed by atoms with Gasteiger partial charge in [-0.25, -0.2) is 0 Å². The van der Waals surface area contributed by atoms with Crippen LogP contribution in [0.1, 0.15) is 46.0 Å². The Kier molecular flexibility index (Phi) is 2.56. The quantitative estimate of drug-likeness (QED) is 0.437. The van der Waals surface area contributed by atoms with Gasteiger partial charge in [0.1, 0.15) is 0 Å². The first-order valence-corrected chi connectivity index (χ1v) is 4.30. The van der Waals surface area contributed by atoms with Gasteiger partial charge in [0.05, 0.1) is 0 Å². The van der Waals surface area contributed by atoms with Crippen molar-refractivity contribution in [2.75, 3.05) is 0 Å². The highest BCUT2D eigenvalue weighted by Crippen LogP contribution is 2.27. The monoisotopic (exact) mass is 126 g/mol. The zero-order chi connectivity index (χ0) is 6.69. The van der Waals surface area contributed by atoms with Gasteiger partial charge in [0.25, 0.3) is 0 Å². The van der Waals surface area contributed by atoms with Crippen molar-refractivity contribution in [2.24, 2.45) is 11.8 Å². The van der Waals surface area contributed by atoms with Gasteiger partial charge in [-0.05, 0) is 11.8 Å². The topological polar surface area (TPSA) is 0 Å². The van der Waals surface area contributed by atoms with Crippen molar-refractivity contribution in [1.82, 2.24) is 0 Å². The Balaban J connectivity index is 2.32. The van der Waals surface area contributed by atoms with Gasteiger partial charge in [-0.3, -0.25) is 0 Å². The van der Waals surface area contributed by atoms with Crippen LogP contribution in [0.5, 0.6) is 0 Å². The lowest BCUT2D eigenvalue weighted by molar-refractivity contribution is 0.367. The van der Waals surface area contributed by atoms with Crippen molar-refractivity contribution >= 4 is 0 Å². The van der Waals surface area contributed by atoms with Crippen LogP contribution in [0.15, 0.2) is 0 Å². The van der Waals surface area contributed by atoms with Gasteiger partial charge in [-0.2, -0.15) is 0 Å². The lowest BCUT2D eigenvalue weighted by atomic mass is 9.92. The van der Waals surface area contributed by atoms with Gasteiger partial charge in [-0.15, -0.1) is 0 Å². The van der Waals surface area contributed by atoms with E-state index in [0.717, 1.165) is 11.8 Å². The third-order valence-electron chi connectivity index (χ3n) is 2.79. The van der Waals surface area contributed by atoms with Crippen LogP contribution < -0.4 is 0 Å². The molecule has 2 atom stereocenters. The molecule has 1 aliphatic rings. The van der Waals surface area contributed by atoms with Crippen molar-refractivity contribution in [3.63, 3.8) is 0 Å². The summed E-state index contributed by atoms with van der Waals surface area (Å²) in [4.78, 5) is 0. The van der Waals surface area contributed by atoms with Crippen LogP contribution >= 0.6 is 0 Å². The fourth-order valence-corrected chi connectivity index (χ4v) is 1.68. The molecule has 0 aromatic heterocycles. The first-order valence-electron chi connectivity index (χ1n) is 4.30. The minimum atomic E-state index is 0.993. The second kappa shape index (κ2) is 3.24. The number of hydrogen-bond donors (Lipinski definition) is 0. The molecule has 0 nitrogen and oxygen atoms in total. The summed E-state index contributed by atoms with van der Waals surface area (Å²) in [6.45, 7) is 4.80. The van der Waals surface area contributed by atoms with Crippen molar-refractivity contribution in [3.8, 4) is 0 Å². The normalized spacial score (nSPS) is 38.0. The standard InChI is InChI=1S/C9H18/c1-8-6-4-3-5-7-9(8)2/h8-9H,3-7H2,1-2H3/t8-,9+. The molecular weight excluding hydrogens is 108 g/mol. The van der Waals surface area contributed by atoms with E-state index in [9.17, 15) is 0 Å². The minimum Gasteiger partial charge on any atom is -0.0623 e. The largest absolute Gasteiger partial charge is 0.0623 e. The zero-order valence-corrected chi connectivity index (χ0v) is 6.69. The molecule has 54 valence electrons. The van der Waals surface area contributed by atoms with E-state index in [-0.39, 0.29) is 0 Å². The van der Waals surface area contributed by atoms with Gasteiger partial charge >= 0.3 is 0 Å². The number of hydrogen-bond acceptors (Lipinski definition) is 0. The lowest BCUT2D eigenvalue weighted by Gasteiger charge is -2.14. The molecule has 0 heterocycles. The highest BCUT2D eigenvalue weighted by atomic mass is 14.2. The Morgan fingerprint density at radius 2 is 1.22 bits per heavy atom.